The van der Waals surface area contributed by atoms with Gasteiger partial charge in [0.15, 0.2) is 0 Å². The van der Waals surface area contributed by atoms with Gasteiger partial charge >= 0.3 is 23.9 Å². The predicted molar refractivity (Wildman–Crippen MR) is 113 cm³/mol. The van der Waals surface area contributed by atoms with Gasteiger partial charge in [0.05, 0.1) is 23.7 Å². The summed E-state index contributed by atoms with van der Waals surface area (Å²) in [6, 6.07) is 0. The molecule has 2 saturated carbocycles. The Morgan fingerprint density at radius 2 is 0.656 bits per heavy atom. The molecule has 8 heteroatoms. The summed E-state index contributed by atoms with van der Waals surface area (Å²) in [5.41, 5.74) is 0. The molecule has 1 aliphatic heterocycles. The number of rotatable bonds is 0. The fraction of sp³-hybridized carbons (Fsp3) is 0.667. The molecule has 4 atom stereocenters. The summed E-state index contributed by atoms with van der Waals surface area (Å²) in [5.74, 6) is -3.68. The van der Waals surface area contributed by atoms with E-state index in [1.807, 2.05) is 0 Å². The molecule has 32 heavy (non-hydrogen) atoms. The van der Waals surface area contributed by atoms with Gasteiger partial charge in [-0.1, -0.05) is 25.7 Å². The molecule has 176 valence electrons. The number of hydrogen-bond donors (Lipinski definition) is 0. The van der Waals surface area contributed by atoms with Crippen LogP contribution in [0, 0.1) is 23.7 Å². The van der Waals surface area contributed by atoms with Crippen LogP contribution in [-0.2, 0) is 38.1 Å². The molecule has 0 unspecified atom stereocenters. The molecule has 2 aliphatic carbocycles. The maximum absolute atomic E-state index is 12.5. The second-order valence-corrected chi connectivity index (χ2v) is 8.46. The third kappa shape index (κ3) is 6.68. The van der Waals surface area contributed by atoms with Gasteiger partial charge < -0.3 is 18.9 Å². The van der Waals surface area contributed by atoms with Gasteiger partial charge in [-0.05, 0) is 50.0 Å². The molecule has 0 aromatic rings. The van der Waals surface area contributed by atoms with Crippen LogP contribution < -0.4 is 0 Å². The van der Waals surface area contributed by atoms with E-state index in [0.29, 0.717) is 25.7 Å². The number of fused-ring (bicyclic) bond motifs is 2. The van der Waals surface area contributed by atoms with Crippen LogP contribution in [0.3, 0.4) is 0 Å². The molecule has 2 fully saturated rings. The quantitative estimate of drug-likeness (QED) is 0.316. The Kier molecular flexibility index (Phi) is 9.31. The highest BCUT2D eigenvalue weighted by Crippen LogP contribution is 2.33. The third-order valence-corrected chi connectivity index (χ3v) is 6.36. The van der Waals surface area contributed by atoms with Crippen molar-refractivity contribution in [2.75, 3.05) is 26.4 Å². The van der Waals surface area contributed by atoms with Crippen molar-refractivity contribution < 1.29 is 38.1 Å². The van der Waals surface area contributed by atoms with Crippen LogP contribution in [0.4, 0.5) is 0 Å². The summed E-state index contributed by atoms with van der Waals surface area (Å²) in [6.07, 6.45) is 12.3. The van der Waals surface area contributed by atoms with Crippen molar-refractivity contribution in [3.8, 4) is 0 Å². The molecular formula is C24H32O8. The van der Waals surface area contributed by atoms with Crippen molar-refractivity contribution in [3.63, 3.8) is 0 Å². The minimum atomic E-state index is -0.513. The van der Waals surface area contributed by atoms with Gasteiger partial charge in [-0.3, -0.25) is 19.2 Å². The molecule has 0 bridgehead atoms. The maximum Gasteiger partial charge on any atom is 0.310 e. The highest BCUT2D eigenvalue weighted by atomic mass is 16.5. The number of cyclic esters (lactones) is 4. The molecule has 0 aromatic heterocycles. The number of ether oxygens (including phenoxy) is 4. The fourth-order valence-electron chi connectivity index (χ4n) is 4.61. The summed E-state index contributed by atoms with van der Waals surface area (Å²) in [5, 5.41) is 0. The maximum atomic E-state index is 12.5. The number of carbonyl (C=O) groups excluding carboxylic acids is 4. The Morgan fingerprint density at radius 1 is 0.438 bits per heavy atom. The first kappa shape index (κ1) is 24.0. The van der Waals surface area contributed by atoms with Crippen LogP contribution in [0.2, 0.25) is 0 Å². The van der Waals surface area contributed by atoms with Crippen LogP contribution in [0.25, 0.3) is 0 Å². The smallest absolute Gasteiger partial charge is 0.310 e. The van der Waals surface area contributed by atoms with Gasteiger partial charge in [0.2, 0.25) is 0 Å². The van der Waals surface area contributed by atoms with E-state index in [0.717, 1.165) is 25.7 Å². The van der Waals surface area contributed by atoms with E-state index >= 15 is 0 Å². The van der Waals surface area contributed by atoms with Crippen LogP contribution in [0.15, 0.2) is 24.3 Å². The number of esters is 4. The van der Waals surface area contributed by atoms with Crippen molar-refractivity contribution in [1.29, 1.82) is 0 Å². The zero-order valence-corrected chi connectivity index (χ0v) is 18.4. The molecule has 0 N–H and O–H groups in total. The number of carbonyl (C=O) groups is 4. The first-order valence-corrected chi connectivity index (χ1v) is 11.5. The van der Waals surface area contributed by atoms with Crippen LogP contribution in [-0.4, -0.2) is 50.3 Å². The second-order valence-electron chi connectivity index (χ2n) is 8.46. The van der Waals surface area contributed by atoms with Crippen LogP contribution >= 0.6 is 0 Å². The van der Waals surface area contributed by atoms with Gasteiger partial charge in [-0.2, -0.15) is 0 Å². The normalized spacial score (nSPS) is 33.2. The van der Waals surface area contributed by atoms with Gasteiger partial charge in [0, 0.05) is 0 Å². The molecule has 0 aromatic carbocycles. The molecular weight excluding hydrogens is 416 g/mol. The summed E-state index contributed by atoms with van der Waals surface area (Å²) in [6.45, 7) is 0.150. The average Bonchev–Trinajstić information content (AvgIpc) is 2.82. The summed E-state index contributed by atoms with van der Waals surface area (Å²) >= 11 is 0. The van der Waals surface area contributed by atoms with Crippen LogP contribution in [0.5, 0.6) is 0 Å². The highest BCUT2D eigenvalue weighted by molar-refractivity contribution is 5.83. The lowest BCUT2D eigenvalue weighted by molar-refractivity contribution is -0.162. The lowest BCUT2D eigenvalue weighted by Crippen LogP contribution is -2.35. The van der Waals surface area contributed by atoms with E-state index in [-0.39, 0.29) is 26.4 Å². The average molecular weight is 449 g/mol. The van der Waals surface area contributed by atoms with Crippen molar-refractivity contribution in [2.45, 2.75) is 51.4 Å². The summed E-state index contributed by atoms with van der Waals surface area (Å²) in [7, 11) is 0. The van der Waals surface area contributed by atoms with Crippen molar-refractivity contribution >= 4 is 23.9 Å². The third-order valence-electron chi connectivity index (χ3n) is 6.36. The Hall–Kier alpha value is -2.64. The van der Waals surface area contributed by atoms with E-state index in [2.05, 4.69) is 0 Å². The largest absolute Gasteiger partial charge is 0.461 e. The first-order chi connectivity index (χ1) is 15.6. The van der Waals surface area contributed by atoms with Crippen molar-refractivity contribution in [3.05, 3.63) is 24.3 Å². The van der Waals surface area contributed by atoms with Crippen molar-refractivity contribution in [2.24, 2.45) is 23.7 Å². The zero-order valence-electron chi connectivity index (χ0n) is 18.4. The molecule has 0 spiro atoms. The van der Waals surface area contributed by atoms with E-state index in [1.54, 1.807) is 24.3 Å². The predicted octanol–water partition coefficient (Wildman–Crippen LogP) is 2.90. The monoisotopic (exact) mass is 448 g/mol. The Balaban J connectivity index is 1.65. The van der Waals surface area contributed by atoms with E-state index in [9.17, 15) is 19.2 Å². The van der Waals surface area contributed by atoms with Gasteiger partial charge in [-0.15, -0.1) is 0 Å². The summed E-state index contributed by atoms with van der Waals surface area (Å²) in [4.78, 5) is 50.0. The second kappa shape index (κ2) is 12.4. The Bertz CT molecular complexity index is 618. The molecule has 3 aliphatic rings. The lowest BCUT2D eigenvalue weighted by Gasteiger charge is -2.28. The summed E-state index contributed by atoms with van der Waals surface area (Å²) < 4.78 is 21.3. The van der Waals surface area contributed by atoms with Crippen LogP contribution in [0.1, 0.15) is 51.4 Å². The van der Waals surface area contributed by atoms with Gasteiger partial charge in [0.25, 0.3) is 0 Å². The first-order valence-electron chi connectivity index (χ1n) is 11.5. The molecule has 0 saturated heterocycles. The van der Waals surface area contributed by atoms with E-state index in [4.69, 9.17) is 18.9 Å². The highest BCUT2D eigenvalue weighted by Gasteiger charge is 2.38. The van der Waals surface area contributed by atoms with Crippen molar-refractivity contribution in [1.82, 2.24) is 0 Å². The standard InChI is InChI=1S/C24H32O8/c25-21-17-9-1-2-10-18(17)22(26)30-14-7-8-16-32-24(28)20-12-4-3-11-19(20)23(27)31-15-6-5-13-29-21/h5-8,17-20H,1-4,9-16H2/b6-5+,8-7+/t17-,18+,19+,20-. The van der Waals surface area contributed by atoms with E-state index < -0.39 is 47.5 Å². The molecule has 8 nitrogen and oxygen atoms in total. The molecule has 0 amide bonds. The molecule has 1 heterocycles. The Labute approximate surface area is 188 Å². The topological polar surface area (TPSA) is 105 Å². The SMILES string of the molecule is O=C1OC/C=C/COC(=O)[C@@H]2CCCC[C@@H]2C(=O)OC/C=C/COC(=O)[C@@H]2CCCC[C@H]12. The Morgan fingerprint density at radius 3 is 0.875 bits per heavy atom. The molecule has 3 rings (SSSR count). The zero-order chi connectivity index (χ0) is 22.8. The number of hydrogen-bond acceptors (Lipinski definition) is 8. The molecule has 0 radical (unpaired) electrons. The minimum Gasteiger partial charge on any atom is -0.461 e. The van der Waals surface area contributed by atoms with Gasteiger partial charge in [-0.25, -0.2) is 0 Å². The van der Waals surface area contributed by atoms with Gasteiger partial charge in [0.1, 0.15) is 26.4 Å². The van der Waals surface area contributed by atoms with E-state index in [1.165, 1.54) is 0 Å². The minimum absolute atomic E-state index is 0.0375. The lowest BCUT2D eigenvalue weighted by atomic mass is 9.79. The fourth-order valence-corrected chi connectivity index (χ4v) is 4.61.